The lowest BCUT2D eigenvalue weighted by molar-refractivity contribution is 0.199. The lowest BCUT2D eigenvalue weighted by atomic mass is 10.1. The number of benzene rings is 1. The Morgan fingerprint density at radius 2 is 1.94 bits per heavy atom. The first-order valence-corrected chi connectivity index (χ1v) is 5.61. The molecule has 0 unspecified atom stereocenters. The molecule has 0 fully saturated rings. The summed E-state index contributed by atoms with van der Waals surface area (Å²) in [4.78, 5) is 1.86. The maximum atomic E-state index is 13.8. The molecule has 0 aliphatic heterocycles. The summed E-state index contributed by atoms with van der Waals surface area (Å²) in [7, 11) is 1.85. The molecule has 0 bridgehead atoms. The Bertz CT molecular complexity index is 350. The van der Waals surface area contributed by atoms with E-state index in [2.05, 4.69) is 13.8 Å². The van der Waals surface area contributed by atoms with Crippen LogP contribution in [-0.2, 0) is 0 Å². The van der Waals surface area contributed by atoms with Gasteiger partial charge in [-0.1, -0.05) is 26.0 Å². The van der Waals surface area contributed by atoms with Crippen molar-refractivity contribution in [1.29, 1.82) is 0 Å². The molecule has 0 radical (unpaired) electrons. The van der Waals surface area contributed by atoms with E-state index in [-0.39, 0.29) is 5.82 Å². The van der Waals surface area contributed by atoms with Crippen molar-refractivity contribution in [2.24, 2.45) is 5.92 Å². The zero-order chi connectivity index (χ0) is 12.3. The van der Waals surface area contributed by atoms with Gasteiger partial charge in [0.15, 0.2) is 0 Å². The van der Waals surface area contributed by atoms with E-state index in [0.717, 1.165) is 6.54 Å². The van der Waals surface area contributed by atoms with Crippen LogP contribution in [0.3, 0.4) is 0 Å². The fourth-order valence-electron chi connectivity index (χ4n) is 1.91. The number of aliphatic hydroxyl groups excluding tert-OH is 1. The van der Waals surface area contributed by atoms with E-state index in [9.17, 15) is 9.50 Å². The zero-order valence-corrected chi connectivity index (χ0v) is 10.4. The molecule has 0 heterocycles. The largest absolute Gasteiger partial charge is 0.389 e. The summed E-state index contributed by atoms with van der Waals surface area (Å²) in [5.74, 6) is 0.174. The van der Waals surface area contributed by atoms with Gasteiger partial charge in [-0.2, -0.15) is 0 Å². The predicted molar refractivity (Wildman–Crippen MR) is 65.1 cm³/mol. The lowest BCUT2D eigenvalue weighted by Gasteiger charge is -2.25. The summed E-state index contributed by atoms with van der Waals surface area (Å²) in [6.45, 7) is 6.58. The molecule has 0 aliphatic rings. The van der Waals surface area contributed by atoms with E-state index in [1.54, 1.807) is 19.1 Å². The number of aliphatic hydroxyl groups is 1. The van der Waals surface area contributed by atoms with Crippen molar-refractivity contribution in [1.82, 2.24) is 0 Å². The highest BCUT2D eigenvalue weighted by Gasteiger charge is 2.16. The van der Waals surface area contributed by atoms with Crippen molar-refractivity contribution < 1.29 is 9.50 Å². The van der Waals surface area contributed by atoms with Crippen molar-refractivity contribution in [2.45, 2.75) is 26.9 Å². The van der Waals surface area contributed by atoms with Gasteiger partial charge >= 0.3 is 0 Å². The quantitative estimate of drug-likeness (QED) is 0.851. The van der Waals surface area contributed by atoms with Gasteiger partial charge in [-0.25, -0.2) is 4.39 Å². The topological polar surface area (TPSA) is 23.5 Å². The number of nitrogens with zero attached hydrogens (tertiary/aromatic N) is 1. The van der Waals surface area contributed by atoms with E-state index in [0.29, 0.717) is 17.2 Å². The molecule has 1 atom stereocenters. The van der Waals surface area contributed by atoms with Gasteiger partial charge in [0.25, 0.3) is 0 Å². The molecule has 0 saturated heterocycles. The Morgan fingerprint density at radius 3 is 2.44 bits per heavy atom. The molecular formula is C13H20FNO. The minimum atomic E-state index is -0.652. The molecule has 0 spiro atoms. The molecule has 2 nitrogen and oxygen atoms in total. The minimum absolute atomic E-state index is 0.276. The summed E-state index contributed by atoms with van der Waals surface area (Å²) >= 11 is 0. The highest BCUT2D eigenvalue weighted by atomic mass is 19.1. The van der Waals surface area contributed by atoms with Crippen LogP contribution in [0.1, 0.15) is 32.4 Å². The normalized spacial score (nSPS) is 12.9. The van der Waals surface area contributed by atoms with E-state index in [4.69, 9.17) is 0 Å². The van der Waals surface area contributed by atoms with Gasteiger partial charge in [0.2, 0.25) is 0 Å². The van der Waals surface area contributed by atoms with Crippen molar-refractivity contribution in [3.8, 4) is 0 Å². The summed E-state index contributed by atoms with van der Waals surface area (Å²) in [5.41, 5.74) is 1.15. The lowest BCUT2D eigenvalue weighted by Crippen LogP contribution is -2.25. The standard InChI is InChI=1S/C13H20FNO/c1-9(2)8-15(4)13-11(10(3)16)6-5-7-12(13)14/h5-7,9-10,16H,8H2,1-4H3/t10-/m1/s1. The van der Waals surface area contributed by atoms with Crippen LogP contribution >= 0.6 is 0 Å². The number of halogens is 1. The average Bonchev–Trinajstić information content (AvgIpc) is 2.15. The highest BCUT2D eigenvalue weighted by Crippen LogP contribution is 2.28. The third kappa shape index (κ3) is 2.95. The van der Waals surface area contributed by atoms with Gasteiger partial charge < -0.3 is 10.0 Å². The van der Waals surface area contributed by atoms with Crippen molar-refractivity contribution in [3.63, 3.8) is 0 Å². The second-order valence-corrected chi connectivity index (χ2v) is 4.63. The molecule has 0 saturated carbocycles. The van der Waals surface area contributed by atoms with Crippen LogP contribution in [0.4, 0.5) is 10.1 Å². The van der Waals surface area contributed by atoms with Gasteiger partial charge in [0.1, 0.15) is 5.82 Å². The molecule has 0 aliphatic carbocycles. The molecule has 1 rings (SSSR count). The Morgan fingerprint density at radius 1 is 1.31 bits per heavy atom. The van der Waals surface area contributed by atoms with Crippen LogP contribution in [-0.4, -0.2) is 18.7 Å². The van der Waals surface area contributed by atoms with E-state index >= 15 is 0 Å². The second-order valence-electron chi connectivity index (χ2n) is 4.63. The Labute approximate surface area is 96.7 Å². The van der Waals surface area contributed by atoms with Crippen molar-refractivity contribution in [2.75, 3.05) is 18.5 Å². The molecule has 1 aromatic carbocycles. The SMILES string of the molecule is CC(C)CN(C)c1c(F)cccc1[C@@H](C)O. The van der Waals surface area contributed by atoms with Gasteiger partial charge in [-0.15, -0.1) is 0 Å². The first-order chi connectivity index (χ1) is 7.43. The van der Waals surface area contributed by atoms with Gasteiger partial charge in [0.05, 0.1) is 11.8 Å². The predicted octanol–water partition coefficient (Wildman–Crippen LogP) is 2.97. The number of hydrogen-bond donors (Lipinski definition) is 1. The highest BCUT2D eigenvalue weighted by molar-refractivity contribution is 5.55. The van der Waals surface area contributed by atoms with Crippen LogP contribution in [0.2, 0.25) is 0 Å². The number of para-hydroxylation sites is 1. The maximum Gasteiger partial charge on any atom is 0.146 e. The second kappa shape index (κ2) is 5.30. The van der Waals surface area contributed by atoms with E-state index in [1.807, 2.05) is 11.9 Å². The fourth-order valence-corrected chi connectivity index (χ4v) is 1.91. The molecular weight excluding hydrogens is 205 g/mol. The van der Waals surface area contributed by atoms with Crippen molar-refractivity contribution >= 4 is 5.69 Å². The zero-order valence-electron chi connectivity index (χ0n) is 10.4. The maximum absolute atomic E-state index is 13.8. The molecule has 90 valence electrons. The third-order valence-electron chi connectivity index (χ3n) is 2.49. The number of rotatable bonds is 4. The van der Waals surface area contributed by atoms with Crippen LogP contribution in [0.25, 0.3) is 0 Å². The molecule has 3 heteroatoms. The van der Waals surface area contributed by atoms with Crippen LogP contribution in [0, 0.1) is 11.7 Å². The van der Waals surface area contributed by atoms with Gasteiger partial charge in [-0.3, -0.25) is 0 Å². The first-order valence-electron chi connectivity index (χ1n) is 5.61. The molecule has 16 heavy (non-hydrogen) atoms. The van der Waals surface area contributed by atoms with E-state index in [1.165, 1.54) is 6.07 Å². The summed E-state index contributed by atoms with van der Waals surface area (Å²) in [6.07, 6.45) is -0.652. The Kier molecular flexibility index (Phi) is 4.30. The first kappa shape index (κ1) is 13.0. The number of anilines is 1. The van der Waals surface area contributed by atoms with Crippen molar-refractivity contribution in [3.05, 3.63) is 29.6 Å². The van der Waals surface area contributed by atoms with Gasteiger partial charge in [0, 0.05) is 19.2 Å². The average molecular weight is 225 g/mol. The van der Waals surface area contributed by atoms with E-state index < -0.39 is 6.10 Å². The molecule has 1 N–H and O–H groups in total. The third-order valence-corrected chi connectivity index (χ3v) is 2.49. The monoisotopic (exact) mass is 225 g/mol. The van der Waals surface area contributed by atoms with Crippen LogP contribution in [0.15, 0.2) is 18.2 Å². The Hall–Kier alpha value is -1.09. The summed E-state index contributed by atoms with van der Waals surface area (Å²) in [5, 5.41) is 9.62. The van der Waals surface area contributed by atoms with Crippen LogP contribution in [0.5, 0.6) is 0 Å². The molecule has 1 aromatic rings. The smallest absolute Gasteiger partial charge is 0.146 e. The fraction of sp³-hybridized carbons (Fsp3) is 0.538. The summed E-state index contributed by atoms with van der Waals surface area (Å²) < 4.78 is 13.8. The molecule has 0 aromatic heterocycles. The number of hydrogen-bond acceptors (Lipinski definition) is 2. The summed E-state index contributed by atoms with van der Waals surface area (Å²) in [6, 6.07) is 4.82. The van der Waals surface area contributed by atoms with Gasteiger partial charge in [-0.05, 0) is 18.9 Å². The minimum Gasteiger partial charge on any atom is -0.389 e. The molecule has 0 amide bonds. The Balaban J connectivity index is 3.09. The van der Waals surface area contributed by atoms with Crippen LogP contribution < -0.4 is 4.90 Å².